The summed E-state index contributed by atoms with van der Waals surface area (Å²) >= 11 is 6.49. The standard InChI is InChI=1S/C27H33ClN4O4/c1-16-13-20-22(17(2)33)25(31-12-8-10-19(15-31)30-26(35)36-27(3,4)5)32(23(20)24(34)29-16)14-18-9-6-7-11-21(18)28/h6-7,9,11,13,19H,8,10,12,14-15H2,1-5H3,(H,29,34)(H,30,35)/t19-/m1/s1. The summed E-state index contributed by atoms with van der Waals surface area (Å²) in [6, 6.07) is 9.16. The summed E-state index contributed by atoms with van der Waals surface area (Å²) < 4.78 is 7.34. The zero-order chi connectivity index (χ0) is 26.2. The zero-order valence-corrected chi connectivity index (χ0v) is 22.2. The lowest BCUT2D eigenvalue weighted by Gasteiger charge is -2.36. The van der Waals surface area contributed by atoms with Crippen LogP contribution >= 0.6 is 11.6 Å². The molecule has 192 valence electrons. The van der Waals surface area contributed by atoms with Crippen LogP contribution in [0, 0.1) is 6.92 Å². The number of piperidine rings is 1. The van der Waals surface area contributed by atoms with Crippen molar-refractivity contribution >= 4 is 40.2 Å². The van der Waals surface area contributed by atoms with E-state index in [1.54, 1.807) is 6.92 Å². The fourth-order valence-corrected chi connectivity index (χ4v) is 5.09. The molecule has 1 fully saturated rings. The summed E-state index contributed by atoms with van der Waals surface area (Å²) in [4.78, 5) is 43.6. The zero-order valence-electron chi connectivity index (χ0n) is 21.4. The van der Waals surface area contributed by atoms with E-state index in [4.69, 9.17) is 16.3 Å². The van der Waals surface area contributed by atoms with Gasteiger partial charge in [-0.15, -0.1) is 0 Å². The van der Waals surface area contributed by atoms with Crippen molar-refractivity contribution in [3.8, 4) is 0 Å². The number of carbonyl (C=O) groups is 2. The molecule has 0 spiro atoms. The molecule has 8 nitrogen and oxygen atoms in total. The van der Waals surface area contributed by atoms with Gasteiger partial charge in [0, 0.05) is 35.2 Å². The van der Waals surface area contributed by atoms with Gasteiger partial charge in [-0.25, -0.2) is 4.79 Å². The van der Waals surface area contributed by atoms with Crippen molar-refractivity contribution in [3.63, 3.8) is 0 Å². The van der Waals surface area contributed by atoms with Crippen LogP contribution in [0.4, 0.5) is 10.6 Å². The van der Waals surface area contributed by atoms with Crippen LogP contribution in [0.1, 0.15) is 62.2 Å². The van der Waals surface area contributed by atoms with Crippen molar-refractivity contribution < 1.29 is 14.3 Å². The Balaban J connectivity index is 1.82. The van der Waals surface area contributed by atoms with Crippen molar-refractivity contribution in [3.05, 3.63) is 62.5 Å². The summed E-state index contributed by atoms with van der Waals surface area (Å²) in [5.41, 5.74) is 1.60. The highest BCUT2D eigenvalue weighted by Crippen LogP contribution is 2.35. The van der Waals surface area contributed by atoms with Gasteiger partial charge >= 0.3 is 6.09 Å². The number of hydrogen-bond acceptors (Lipinski definition) is 5. The normalized spacial score (nSPS) is 16.3. The average molecular weight is 513 g/mol. The second-order valence-electron chi connectivity index (χ2n) is 10.4. The van der Waals surface area contributed by atoms with Crippen LogP contribution in [-0.2, 0) is 11.3 Å². The van der Waals surface area contributed by atoms with Crippen LogP contribution in [0.3, 0.4) is 0 Å². The number of aromatic amines is 1. The molecule has 0 bridgehead atoms. The van der Waals surface area contributed by atoms with Crippen LogP contribution in [-0.4, -0.2) is 46.2 Å². The number of ether oxygens (including phenoxy) is 1. The number of aromatic nitrogens is 2. The number of nitrogens with one attached hydrogen (secondary N) is 2. The largest absolute Gasteiger partial charge is 0.444 e. The smallest absolute Gasteiger partial charge is 0.407 e. The molecule has 2 N–H and O–H groups in total. The quantitative estimate of drug-likeness (QED) is 0.467. The van der Waals surface area contributed by atoms with Crippen LogP contribution in [0.2, 0.25) is 5.02 Å². The van der Waals surface area contributed by atoms with Gasteiger partial charge < -0.3 is 24.5 Å². The van der Waals surface area contributed by atoms with E-state index in [1.165, 1.54) is 6.92 Å². The molecule has 1 aromatic carbocycles. The number of benzene rings is 1. The Kier molecular flexibility index (Phi) is 7.18. The maximum absolute atomic E-state index is 13.2. The third kappa shape index (κ3) is 5.43. The lowest BCUT2D eigenvalue weighted by Crippen LogP contribution is -2.49. The van der Waals surface area contributed by atoms with E-state index in [1.807, 2.05) is 55.7 Å². The van der Waals surface area contributed by atoms with E-state index in [0.717, 1.165) is 18.4 Å². The van der Waals surface area contributed by atoms with E-state index >= 15 is 0 Å². The van der Waals surface area contributed by atoms with Crippen molar-refractivity contribution in [2.24, 2.45) is 0 Å². The number of halogens is 1. The number of amides is 1. The minimum atomic E-state index is -0.597. The first-order chi connectivity index (χ1) is 16.9. The maximum atomic E-state index is 13.2. The van der Waals surface area contributed by atoms with Gasteiger partial charge in [0.2, 0.25) is 0 Å². The molecular formula is C27H33ClN4O4. The summed E-state index contributed by atoms with van der Waals surface area (Å²) in [7, 11) is 0. The molecule has 1 aliphatic rings. The molecule has 1 atom stereocenters. The highest BCUT2D eigenvalue weighted by molar-refractivity contribution is 6.31. The Bertz CT molecular complexity index is 1370. The van der Waals surface area contributed by atoms with E-state index in [2.05, 4.69) is 15.2 Å². The second-order valence-corrected chi connectivity index (χ2v) is 10.8. The number of hydrogen-bond donors (Lipinski definition) is 2. The van der Waals surface area contributed by atoms with E-state index in [-0.39, 0.29) is 17.4 Å². The molecule has 2 aromatic heterocycles. The van der Waals surface area contributed by atoms with Gasteiger partial charge in [0.1, 0.15) is 16.9 Å². The Morgan fingerprint density at radius 1 is 1.25 bits per heavy atom. The molecule has 3 aromatic rings. The van der Waals surface area contributed by atoms with Crippen LogP contribution < -0.4 is 15.8 Å². The van der Waals surface area contributed by atoms with Crippen molar-refractivity contribution in [1.82, 2.24) is 14.9 Å². The highest BCUT2D eigenvalue weighted by Gasteiger charge is 2.31. The monoisotopic (exact) mass is 512 g/mol. The Morgan fingerprint density at radius 2 is 1.97 bits per heavy atom. The molecule has 0 radical (unpaired) electrons. The first kappa shape index (κ1) is 25.8. The molecule has 9 heteroatoms. The van der Waals surface area contributed by atoms with E-state index in [0.29, 0.717) is 52.6 Å². The van der Waals surface area contributed by atoms with Gasteiger partial charge in [-0.2, -0.15) is 0 Å². The predicted molar refractivity (Wildman–Crippen MR) is 142 cm³/mol. The number of ketones is 1. The molecule has 1 aliphatic heterocycles. The molecule has 36 heavy (non-hydrogen) atoms. The summed E-state index contributed by atoms with van der Waals surface area (Å²) in [6.07, 6.45) is 1.13. The fraction of sp³-hybridized carbons (Fsp3) is 0.444. The van der Waals surface area contributed by atoms with Gasteiger partial charge in [0.25, 0.3) is 5.56 Å². The molecule has 0 unspecified atom stereocenters. The molecule has 0 aliphatic carbocycles. The number of nitrogens with zero attached hydrogens (tertiary/aromatic N) is 2. The Morgan fingerprint density at radius 3 is 2.64 bits per heavy atom. The molecule has 3 heterocycles. The lowest BCUT2D eigenvalue weighted by molar-refractivity contribution is 0.0499. The first-order valence-corrected chi connectivity index (χ1v) is 12.6. The Labute approximate surface area is 215 Å². The number of carbonyl (C=O) groups excluding carboxylic acids is 2. The molecule has 4 rings (SSSR count). The molecule has 0 saturated carbocycles. The Hall–Kier alpha value is -3.26. The van der Waals surface area contributed by atoms with Crippen LogP contribution in [0.25, 0.3) is 10.9 Å². The highest BCUT2D eigenvalue weighted by atomic mass is 35.5. The van der Waals surface area contributed by atoms with Gasteiger partial charge in [0.15, 0.2) is 5.78 Å². The van der Waals surface area contributed by atoms with Crippen LogP contribution in [0.15, 0.2) is 35.1 Å². The van der Waals surface area contributed by atoms with Crippen LogP contribution in [0.5, 0.6) is 0 Å². The lowest BCUT2D eigenvalue weighted by atomic mass is 10.0. The topological polar surface area (TPSA) is 96.4 Å². The third-order valence-electron chi connectivity index (χ3n) is 6.24. The number of alkyl carbamates (subject to hydrolysis) is 1. The second kappa shape index (κ2) is 10.0. The SMILES string of the molecule is CC(=O)c1c(N2CCC[C@@H](NC(=O)OC(C)(C)C)C2)n(Cc2ccccc2Cl)c2c(=O)[nH]c(C)cc12. The summed E-state index contributed by atoms with van der Waals surface area (Å²) in [6.45, 7) is 10.3. The minimum absolute atomic E-state index is 0.125. The minimum Gasteiger partial charge on any atom is -0.444 e. The number of rotatable bonds is 5. The molecule has 1 saturated heterocycles. The number of aryl methyl sites for hydroxylation is 1. The van der Waals surface area contributed by atoms with Gasteiger partial charge in [0.05, 0.1) is 12.1 Å². The van der Waals surface area contributed by atoms with Gasteiger partial charge in [-0.1, -0.05) is 29.8 Å². The third-order valence-corrected chi connectivity index (χ3v) is 6.61. The number of anilines is 1. The number of pyridine rings is 1. The van der Waals surface area contributed by atoms with Crippen molar-refractivity contribution in [2.75, 3.05) is 18.0 Å². The van der Waals surface area contributed by atoms with Gasteiger partial charge in [-0.05, 0) is 65.2 Å². The van der Waals surface area contributed by atoms with E-state index < -0.39 is 11.7 Å². The summed E-state index contributed by atoms with van der Waals surface area (Å²) in [5, 5.41) is 4.17. The first-order valence-electron chi connectivity index (χ1n) is 12.2. The number of H-pyrrole nitrogens is 1. The number of fused-ring (bicyclic) bond motifs is 1. The summed E-state index contributed by atoms with van der Waals surface area (Å²) in [5.74, 6) is 0.546. The number of Topliss-reactive ketones (excluding diaryl/α,β-unsaturated/α-hetero) is 1. The fourth-order valence-electron chi connectivity index (χ4n) is 4.89. The maximum Gasteiger partial charge on any atom is 0.407 e. The molecular weight excluding hydrogens is 480 g/mol. The van der Waals surface area contributed by atoms with Crippen molar-refractivity contribution in [2.45, 2.75) is 65.6 Å². The van der Waals surface area contributed by atoms with E-state index in [9.17, 15) is 14.4 Å². The van der Waals surface area contributed by atoms with Gasteiger partial charge in [-0.3, -0.25) is 9.59 Å². The predicted octanol–water partition coefficient (Wildman–Crippen LogP) is 5.04. The van der Waals surface area contributed by atoms with Crippen molar-refractivity contribution in [1.29, 1.82) is 0 Å². The molecule has 1 amide bonds. The average Bonchev–Trinajstić information content (AvgIpc) is 3.08.